The second-order valence-corrected chi connectivity index (χ2v) is 20.9. The summed E-state index contributed by atoms with van der Waals surface area (Å²) in [4.78, 5) is 0. The van der Waals surface area contributed by atoms with Crippen LogP contribution in [0.4, 0.5) is 0 Å². The zero-order chi connectivity index (χ0) is 31.2. The fraction of sp³-hybridized carbons (Fsp3) is 1.00. The summed E-state index contributed by atoms with van der Waals surface area (Å²) in [6.45, 7) is 16.4. The molecule has 0 aliphatic rings. The Morgan fingerprint density at radius 3 is 1.19 bits per heavy atom. The van der Waals surface area contributed by atoms with Gasteiger partial charge in [-0.05, 0) is 19.3 Å². The minimum absolute atomic E-state index is 0. The molecule has 0 aromatic carbocycles. The summed E-state index contributed by atoms with van der Waals surface area (Å²) in [5.74, 6) is 0. The SMILES string of the molecule is CCCCCCCCCCCCCCOP(=O)(OCC[P+](C)(C)C)N(CCC)CCCCCCCCCCCCCC.[I-]. The number of rotatable bonds is 34. The molecule has 0 saturated heterocycles. The first kappa shape index (κ1) is 46.4. The molecular weight excluding hydrogens is 683 g/mol. The van der Waals surface area contributed by atoms with E-state index in [9.17, 15) is 4.57 Å². The van der Waals surface area contributed by atoms with E-state index in [-0.39, 0.29) is 24.0 Å². The molecule has 4 nitrogen and oxygen atoms in total. The van der Waals surface area contributed by atoms with Gasteiger partial charge in [0.1, 0.15) is 0 Å². The maximum Gasteiger partial charge on any atom is 0.408 e. The molecule has 0 amide bonds. The molecule has 0 aliphatic heterocycles. The number of hydrogen-bond donors (Lipinski definition) is 0. The number of hydrogen-bond acceptors (Lipinski definition) is 3. The van der Waals surface area contributed by atoms with E-state index in [1.54, 1.807) is 0 Å². The third kappa shape index (κ3) is 31.6. The largest absolute Gasteiger partial charge is 1.00 e. The fourth-order valence-electron chi connectivity index (χ4n) is 5.50. The molecule has 1 unspecified atom stereocenters. The third-order valence-corrected chi connectivity index (χ3v) is 12.0. The van der Waals surface area contributed by atoms with Crippen molar-refractivity contribution >= 4 is 15.0 Å². The fourth-order valence-corrected chi connectivity index (χ4v) is 8.20. The van der Waals surface area contributed by atoms with Gasteiger partial charge in [0.25, 0.3) is 0 Å². The average molecular weight is 762 g/mol. The molecule has 0 saturated carbocycles. The van der Waals surface area contributed by atoms with Crippen LogP contribution in [0.2, 0.25) is 0 Å². The van der Waals surface area contributed by atoms with Crippen molar-refractivity contribution in [1.82, 2.24) is 4.67 Å². The third-order valence-electron chi connectivity index (χ3n) is 8.37. The Labute approximate surface area is 289 Å². The maximum atomic E-state index is 14.1. The van der Waals surface area contributed by atoms with E-state index in [1.807, 2.05) is 0 Å². The van der Waals surface area contributed by atoms with Crippen LogP contribution in [0.1, 0.15) is 181 Å². The molecule has 0 fully saturated rings. The lowest BCUT2D eigenvalue weighted by molar-refractivity contribution is -0.0000153. The molecule has 0 aromatic rings. The van der Waals surface area contributed by atoms with Gasteiger partial charge in [-0.1, -0.05) is 162 Å². The van der Waals surface area contributed by atoms with Crippen molar-refractivity contribution < 1.29 is 37.6 Å². The second kappa shape index (κ2) is 33.2. The van der Waals surface area contributed by atoms with Gasteiger partial charge in [-0.25, -0.2) is 9.24 Å². The highest BCUT2D eigenvalue weighted by Gasteiger charge is 2.34. The molecule has 0 spiro atoms. The second-order valence-electron chi connectivity index (χ2n) is 13.9. The van der Waals surface area contributed by atoms with Crippen LogP contribution in [-0.2, 0) is 13.6 Å². The summed E-state index contributed by atoms with van der Waals surface area (Å²) >= 11 is 0. The summed E-state index contributed by atoms with van der Waals surface area (Å²) in [5, 5.41) is 0. The Balaban J connectivity index is 0. The minimum Gasteiger partial charge on any atom is -1.00 e. The topological polar surface area (TPSA) is 38.8 Å². The molecule has 0 aromatic heterocycles. The summed E-state index contributed by atoms with van der Waals surface area (Å²) < 4.78 is 28.5. The van der Waals surface area contributed by atoms with Gasteiger partial charge in [0, 0.05) is 40.3 Å². The number of nitrogens with zero attached hydrogens (tertiary/aromatic N) is 1. The van der Waals surface area contributed by atoms with E-state index in [4.69, 9.17) is 9.05 Å². The van der Waals surface area contributed by atoms with Crippen LogP contribution in [0.3, 0.4) is 0 Å². The highest BCUT2D eigenvalue weighted by atomic mass is 127. The Bertz CT molecular complexity index is 604. The van der Waals surface area contributed by atoms with Gasteiger partial charge in [0.15, 0.2) is 0 Å². The molecule has 0 heterocycles. The van der Waals surface area contributed by atoms with Gasteiger partial charge in [0.2, 0.25) is 0 Å². The van der Waals surface area contributed by atoms with Crippen molar-refractivity contribution in [2.75, 3.05) is 52.5 Å². The predicted octanol–water partition coefficient (Wildman–Crippen LogP) is 10.2. The normalized spacial score (nSPS) is 13.4. The molecule has 0 aliphatic carbocycles. The molecule has 43 heavy (non-hydrogen) atoms. The lowest BCUT2D eigenvalue weighted by Crippen LogP contribution is -3.00. The van der Waals surface area contributed by atoms with Gasteiger partial charge in [-0.15, -0.1) is 0 Å². The van der Waals surface area contributed by atoms with Crippen molar-refractivity contribution in [2.24, 2.45) is 0 Å². The van der Waals surface area contributed by atoms with Gasteiger partial charge < -0.3 is 24.0 Å². The zero-order valence-corrected chi connectivity index (χ0v) is 34.1. The molecule has 0 radical (unpaired) electrons. The van der Waals surface area contributed by atoms with Crippen molar-refractivity contribution in [1.29, 1.82) is 0 Å². The van der Waals surface area contributed by atoms with Crippen molar-refractivity contribution in [2.45, 2.75) is 181 Å². The molecule has 7 heteroatoms. The smallest absolute Gasteiger partial charge is 0.408 e. The van der Waals surface area contributed by atoms with Gasteiger partial charge in [-0.3, -0.25) is 9.05 Å². The van der Waals surface area contributed by atoms with Crippen molar-refractivity contribution in [3.8, 4) is 0 Å². The van der Waals surface area contributed by atoms with Crippen LogP contribution in [0.25, 0.3) is 0 Å². The van der Waals surface area contributed by atoms with E-state index in [0.717, 1.165) is 44.9 Å². The molecule has 0 rings (SSSR count). The Kier molecular flexibility index (Phi) is 35.8. The molecule has 262 valence electrons. The van der Waals surface area contributed by atoms with Crippen LogP contribution in [0.15, 0.2) is 0 Å². The highest BCUT2D eigenvalue weighted by molar-refractivity contribution is 7.73. The summed E-state index contributed by atoms with van der Waals surface area (Å²) in [5.41, 5.74) is 0. The van der Waals surface area contributed by atoms with Crippen LogP contribution < -0.4 is 24.0 Å². The first-order valence-corrected chi connectivity index (χ1v) is 23.5. The molecule has 0 bridgehead atoms. The van der Waals surface area contributed by atoms with Crippen LogP contribution in [0.5, 0.6) is 0 Å². The van der Waals surface area contributed by atoms with Crippen LogP contribution in [-0.4, -0.2) is 57.1 Å². The lowest BCUT2D eigenvalue weighted by Gasteiger charge is -2.30. The van der Waals surface area contributed by atoms with E-state index < -0.39 is 15.0 Å². The van der Waals surface area contributed by atoms with Gasteiger partial charge in [-0.2, -0.15) is 0 Å². The van der Waals surface area contributed by atoms with Crippen LogP contribution >= 0.6 is 15.0 Å². The molecule has 0 N–H and O–H groups in total. The zero-order valence-electron chi connectivity index (χ0n) is 30.2. The average Bonchev–Trinajstić information content (AvgIpc) is 2.94. The van der Waals surface area contributed by atoms with E-state index in [2.05, 4.69) is 45.4 Å². The molecule has 1 atom stereocenters. The Hall–Kier alpha value is 1.27. The van der Waals surface area contributed by atoms with E-state index in [1.165, 1.54) is 135 Å². The lowest BCUT2D eigenvalue weighted by atomic mass is 10.1. The van der Waals surface area contributed by atoms with Gasteiger partial charge in [0.05, 0.1) is 19.4 Å². The molecular formula is C36H78INO3P2. The quantitative estimate of drug-likeness (QED) is 0.0372. The Morgan fingerprint density at radius 1 is 0.465 bits per heavy atom. The number of unbranched alkanes of at least 4 members (excludes halogenated alkanes) is 22. The first-order chi connectivity index (χ1) is 20.3. The number of halogens is 1. The van der Waals surface area contributed by atoms with Crippen LogP contribution in [0, 0.1) is 0 Å². The van der Waals surface area contributed by atoms with Crippen molar-refractivity contribution in [3.05, 3.63) is 0 Å². The van der Waals surface area contributed by atoms with E-state index >= 15 is 0 Å². The predicted molar refractivity (Wildman–Crippen MR) is 193 cm³/mol. The van der Waals surface area contributed by atoms with Crippen molar-refractivity contribution in [3.63, 3.8) is 0 Å². The minimum atomic E-state index is -3.25. The standard InChI is InChI=1S/C36H78NO3P2.HI/c1-7-10-12-14-16-18-20-22-24-26-28-30-33-37(32-9-3)42(38,40-35-36-41(4,5)6)39-34-31-29-27-25-23-21-19-17-15-13-11-8-2;/h7-36H2,1-6H3;1H/q+1;/p-1. The Morgan fingerprint density at radius 2 is 0.814 bits per heavy atom. The summed E-state index contributed by atoms with van der Waals surface area (Å²) in [7, 11) is -4.22. The highest BCUT2D eigenvalue weighted by Crippen LogP contribution is 2.54. The monoisotopic (exact) mass is 761 g/mol. The first-order valence-electron chi connectivity index (χ1n) is 18.7. The van der Waals surface area contributed by atoms with E-state index in [0.29, 0.717) is 13.2 Å². The summed E-state index contributed by atoms with van der Waals surface area (Å²) in [6, 6.07) is 0. The van der Waals surface area contributed by atoms with Gasteiger partial charge >= 0.3 is 7.75 Å². The summed E-state index contributed by atoms with van der Waals surface area (Å²) in [6.07, 6.45) is 33.9. The maximum absolute atomic E-state index is 14.1.